The summed E-state index contributed by atoms with van der Waals surface area (Å²) in [7, 11) is 0. The van der Waals surface area contributed by atoms with Crippen LogP contribution in [0, 0.1) is 17.5 Å². The van der Waals surface area contributed by atoms with Crippen molar-refractivity contribution in [3.05, 3.63) is 35.1 Å². The molecular weight excluding hydrogens is 247 g/mol. The molecule has 0 bridgehead atoms. The van der Waals surface area contributed by atoms with E-state index in [4.69, 9.17) is 5.11 Å². The molecule has 0 radical (unpaired) electrons. The Kier molecular flexibility index (Phi) is 5.58. The molecule has 0 fully saturated rings. The van der Waals surface area contributed by atoms with Crippen LogP contribution in [0.5, 0.6) is 0 Å². The summed E-state index contributed by atoms with van der Waals surface area (Å²) >= 11 is 0. The van der Waals surface area contributed by atoms with Gasteiger partial charge in [0.05, 0.1) is 18.8 Å². The molecule has 0 aliphatic rings. The largest absolute Gasteiger partial charge is 0.394 e. The molecule has 0 heterocycles. The van der Waals surface area contributed by atoms with Crippen LogP contribution < -0.4 is 5.32 Å². The minimum atomic E-state index is -1.54. The smallest absolute Gasteiger partial charge is 0.194 e. The predicted molar refractivity (Wildman–Crippen MR) is 60.4 cm³/mol. The summed E-state index contributed by atoms with van der Waals surface area (Å²) < 4.78 is 38.8. The van der Waals surface area contributed by atoms with Gasteiger partial charge in [-0.2, -0.15) is 0 Å². The van der Waals surface area contributed by atoms with Gasteiger partial charge in [-0.1, -0.05) is 6.92 Å². The fourth-order valence-corrected chi connectivity index (χ4v) is 1.49. The third-order valence-electron chi connectivity index (χ3n) is 2.66. The maximum absolute atomic E-state index is 13.0. The van der Waals surface area contributed by atoms with Gasteiger partial charge in [0.25, 0.3) is 0 Å². The van der Waals surface area contributed by atoms with Crippen molar-refractivity contribution in [2.75, 3.05) is 13.2 Å². The molecule has 0 amide bonds. The van der Waals surface area contributed by atoms with E-state index in [9.17, 15) is 18.3 Å². The minimum absolute atomic E-state index is 0.0946. The first-order chi connectivity index (χ1) is 8.49. The Morgan fingerprint density at radius 3 is 2.22 bits per heavy atom. The third-order valence-corrected chi connectivity index (χ3v) is 2.66. The highest BCUT2D eigenvalue weighted by atomic mass is 19.2. The first kappa shape index (κ1) is 14.9. The van der Waals surface area contributed by atoms with Crippen molar-refractivity contribution >= 4 is 0 Å². The lowest BCUT2D eigenvalue weighted by atomic mass is 10.1. The fourth-order valence-electron chi connectivity index (χ4n) is 1.49. The van der Waals surface area contributed by atoms with Crippen LogP contribution in [0.2, 0.25) is 0 Å². The van der Waals surface area contributed by atoms with E-state index in [1.54, 1.807) is 6.92 Å². The topological polar surface area (TPSA) is 52.5 Å². The number of hydrogen-bond donors (Lipinski definition) is 3. The normalized spacial score (nSPS) is 14.6. The molecule has 0 aliphatic heterocycles. The lowest BCUT2D eigenvalue weighted by molar-refractivity contribution is 0.153. The summed E-state index contributed by atoms with van der Waals surface area (Å²) in [6, 6.07) is 0.894. The van der Waals surface area contributed by atoms with Crippen molar-refractivity contribution in [2.45, 2.75) is 25.5 Å². The van der Waals surface area contributed by atoms with Crippen LogP contribution in [0.4, 0.5) is 13.2 Å². The van der Waals surface area contributed by atoms with E-state index in [0.29, 0.717) is 6.42 Å². The van der Waals surface area contributed by atoms with Crippen LogP contribution in [-0.2, 0) is 0 Å². The van der Waals surface area contributed by atoms with Gasteiger partial charge in [-0.15, -0.1) is 0 Å². The highest BCUT2D eigenvalue weighted by Gasteiger charge is 2.17. The van der Waals surface area contributed by atoms with Crippen molar-refractivity contribution in [2.24, 2.45) is 0 Å². The molecule has 0 saturated heterocycles. The molecule has 18 heavy (non-hydrogen) atoms. The fraction of sp³-hybridized carbons (Fsp3) is 0.500. The highest BCUT2D eigenvalue weighted by molar-refractivity contribution is 5.22. The van der Waals surface area contributed by atoms with Gasteiger partial charge in [-0.3, -0.25) is 0 Å². The van der Waals surface area contributed by atoms with Crippen molar-refractivity contribution in [1.29, 1.82) is 0 Å². The highest BCUT2D eigenvalue weighted by Crippen LogP contribution is 2.19. The Hall–Kier alpha value is -1.11. The molecule has 1 rings (SSSR count). The lowest BCUT2D eigenvalue weighted by Gasteiger charge is -2.19. The Morgan fingerprint density at radius 2 is 1.78 bits per heavy atom. The van der Waals surface area contributed by atoms with Crippen LogP contribution in [0.25, 0.3) is 0 Å². The third kappa shape index (κ3) is 3.69. The maximum atomic E-state index is 13.0. The van der Waals surface area contributed by atoms with Gasteiger partial charge < -0.3 is 15.5 Å². The molecule has 0 aromatic heterocycles. The second-order valence-corrected chi connectivity index (χ2v) is 4.00. The second-order valence-electron chi connectivity index (χ2n) is 4.00. The monoisotopic (exact) mass is 263 g/mol. The van der Waals surface area contributed by atoms with Gasteiger partial charge in [0.15, 0.2) is 17.5 Å². The molecule has 1 unspecified atom stereocenters. The zero-order valence-corrected chi connectivity index (χ0v) is 9.96. The number of aliphatic hydroxyl groups excluding tert-OH is 2. The molecule has 1 aromatic rings. The average molecular weight is 263 g/mol. The Labute approximate surface area is 103 Å². The van der Waals surface area contributed by atoms with E-state index in [2.05, 4.69) is 5.32 Å². The summed E-state index contributed by atoms with van der Waals surface area (Å²) in [5.41, 5.74) is 0.0946. The Bertz CT molecular complexity index is 378. The summed E-state index contributed by atoms with van der Waals surface area (Å²) in [4.78, 5) is 0. The molecule has 3 N–H and O–H groups in total. The zero-order chi connectivity index (χ0) is 13.7. The predicted octanol–water partition coefficient (Wildman–Crippen LogP) is 1.50. The van der Waals surface area contributed by atoms with Crippen LogP contribution in [-0.4, -0.2) is 29.5 Å². The minimum Gasteiger partial charge on any atom is -0.394 e. The SMILES string of the molecule is CC[C@@H](O)CNC(CO)c1cc(F)c(F)c(F)c1. The molecule has 0 aliphatic carbocycles. The van der Waals surface area contributed by atoms with E-state index >= 15 is 0 Å². The van der Waals surface area contributed by atoms with Crippen molar-refractivity contribution < 1.29 is 23.4 Å². The van der Waals surface area contributed by atoms with E-state index < -0.39 is 36.2 Å². The molecule has 2 atom stereocenters. The van der Waals surface area contributed by atoms with Gasteiger partial charge in [-0.25, -0.2) is 13.2 Å². The van der Waals surface area contributed by atoms with Crippen molar-refractivity contribution in [3.8, 4) is 0 Å². The number of halogens is 3. The molecule has 102 valence electrons. The van der Waals surface area contributed by atoms with Crippen LogP contribution in [0.15, 0.2) is 12.1 Å². The number of hydrogen-bond acceptors (Lipinski definition) is 3. The van der Waals surface area contributed by atoms with E-state index in [1.807, 2.05) is 0 Å². The quantitative estimate of drug-likeness (QED) is 0.682. The van der Waals surface area contributed by atoms with Crippen molar-refractivity contribution in [1.82, 2.24) is 5.32 Å². The standard InChI is InChI=1S/C12H16F3NO2/c1-2-8(18)5-16-11(6-17)7-3-9(13)12(15)10(14)4-7/h3-4,8,11,16-18H,2,5-6H2,1H3/t8-,11?/m1/s1. The number of aliphatic hydroxyl groups is 2. The average Bonchev–Trinajstić information content (AvgIpc) is 2.36. The van der Waals surface area contributed by atoms with Gasteiger partial charge in [0, 0.05) is 6.54 Å². The molecule has 3 nitrogen and oxygen atoms in total. The first-order valence-electron chi connectivity index (χ1n) is 5.66. The Morgan fingerprint density at radius 1 is 1.22 bits per heavy atom. The van der Waals surface area contributed by atoms with Crippen LogP contribution >= 0.6 is 0 Å². The molecule has 6 heteroatoms. The van der Waals surface area contributed by atoms with Gasteiger partial charge in [-0.05, 0) is 24.1 Å². The van der Waals surface area contributed by atoms with E-state index in [0.717, 1.165) is 12.1 Å². The summed E-state index contributed by atoms with van der Waals surface area (Å²) in [5.74, 6) is -4.15. The number of nitrogens with one attached hydrogen (secondary N) is 1. The number of benzene rings is 1. The first-order valence-corrected chi connectivity index (χ1v) is 5.66. The van der Waals surface area contributed by atoms with E-state index in [-0.39, 0.29) is 12.1 Å². The molecule has 1 aromatic carbocycles. The van der Waals surface area contributed by atoms with Gasteiger partial charge >= 0.3 is 0 Å². The maximum Gasteiger partial charge on any atom is 0.194 e. The zero-order valence-electron chi connectivity index (χ0n) is 9.96. The number of rotatable bonds is 6. The lowest BCUT2D eigenvalue weighted by Crippen LogP contribution is -2.32. The molecule has 0 saturated carbocycles. The second kappa shape index (κ2) is 6.72. The van der Waals surface area contributed by atoms with Crippen molar-refractivity contribution in [3.63, 3.8) is 0 Å². The molecular formula is C12H16F3NO2. The van der Waals surface area contributed by atoms with Gasteiger partial charge in [0.1, 0.15) is 0 Å². The van der Waals surface area contributed by atoms with Crippen LogP contribution in [0.1, 0.15) is 24.9 Å². The molecule has 0 spiro atoms. The summed E-state index contributed by atoms with van der Waals surface area (Å²) in [6.07, 6.45) is -0.105. The van der Waals surface area contributed by atoms with E-state index in [1.165, 1.54) is 0 Å². The Balaban J connectivity index is 2.82. The van der Waals surface area contributed by atoms with Gasteiger partial charge in [0.2, 0.25) is 0 Å². The summed E-state index contributed by atoms with van der Waals surface area (Å²) in [6.45, 7) is 1.53. The summed E-state index contributed by atoms with van der Waals surface area (Å²) in [5, 5.41) is 21.2. The van der Waals surface area contributed by atoms with Crippen LogP contribution in [0.3, 0.4) is 0 Å².